The maximum Gasteiger partial charge on any atom is 0.344 e. The van der Waals surface area contributed by atoms with Gasteiger partial charge in [0.25, 0.3) is 5.91 Å². The van der Waals surface area contributed by atoms with Crippen molar-refractivity contribution >= 4 is 29.2 Å². The first-order valence-corrected chi connectivity index (χ1v) is 7.95. The Morgan fingerprint density at radius 3 is 2.46 bits per heavy atom. The summed E-state index contributed by atoms with van der Waals surface area (Å²) in [5.41, 5.74) is 0.485. The largest absolute Gasteiger partial charge is 0.493 e. The predicted molar refractivity (Wildman–Crippen MR) is 96.1 cm³/mol. The van der Waals surface area contributed by atoms with Gasteiger partial charge in [-0.05, 0) is 30.3 Å². The summed E-state index contributed by atoms with van der Waals surface area (Å²) in [6.45, 7) is -0.768. The van der Waals surface area contributed by atoms with Gasteiger partial charge in [0.1, 0.15) is 5.75 Å². The summed E-state index contributed by atoms with van der Waals surface area (Å²) in [5.74, 6) is 0.275. The Hall–Kier alpha value is -2.93. The fourth-order valence-corrected chi connectivity index (χ4v) is 2.18. The smallest absolute Gasteiger partial charge is 0.344 e. The van der Waals surface area contributed by atoms with E-state index in [2.05, 4.69) is 5.32 Å². The van der Waals surface area contributed by atoms with Crippen molar-refractivity contribution in [2.75, 3.05) is 32.8 Å². The fourth-order valence-electron chi connectivity index (χ4n) is 2.00. The molecule has 0 bridgehead atoms. The molecule has 0 spiro atoms. The third-order valence-electron chi connectivity index (χ3n) is 3.18. The van der Waals surface area contributed by atoms with Gasteiger partial charge in [-0.3, -0.25) is 4.79 Å². The second-order valence-electron chi connectivity index (χ2n) is 5.02. The van der Waals surface area contributed by atoms with Crippen LogP contribution in [0.15, 0.2) is 42.5 Å². The number of hydrogen-bond acceptors (Lipinski definition) is 6. The van der Waals surface area contributed by atoms with Crippen LogP contribution in [-0.4, -0.2) is 39.3 Å². The molecule has 0 aliphatic heterocycles. The van der Waals surface area contributed by atoms with Crippen molar-refractivity contribution in [3.05, 3.63) is 47.5 Å². The highest BCUT2D eigenvalue weighted by Crippen LogP contribution is 2.29. The Morgan fingerprint density at radius 1 is 1.00 bits per heavy atom. The zero-order valence-electron chi connectivity index (χ0n) is 14.3. The van der Waals surface area contributed by atoms with E-state index in [9.17, 15) is 9.59 Å². The molecule has 0 atom stereocenters. The van der Waals surface area contributed by atoms with Gasteiger partial charge in [0.05, 0.1) is 14.2 Å². The molecule has 2 rings (SSSR count). The topological polar surface area (TPSA) is 83.1 Å². The summed E-state index contributed by atoms with van der Waals surface area (Å²) in [6.07, 6.45) is 0. The number of benzene rings is 2. The molecule has 0 aliphatic carbocycles. The first-order valence-electron chi connectivity index (χ1n) is 7.57. The summed E-state index contributed by atoms with van der Waals surface area (Å²) in [4.78, 5) is 23.5. The molecule has 2 aromatic carbocycles. The third kappa shape index (κ3) is 5.86. The molecule has 0 heterocycles. The van der Waals surface area contributed by atoms with E-state index in [1.165, 1.54) is 14.2 Å². The van der Waals surface area contributed by atoms with Gasteiger partial charge in [-0.2, -0.15) is 0 Å². The molecule has 1 amide bonds. The van der Waals surface area contributed by atoms with Crippen LogP contribution in [0.4, 0.5) is 5.69 Å². The molecule has 0 radical (unpaired) electrons. The lowest BCUT2D eigenvalue weighted by atomic mass is 10.2. The summed E-state index contributed by atoms with van der Waals surface area (Å²) < 4.78 is 20.4. The number of methoxy groups -OCH3 is 2. The van der Waals surface area contributed by atoms with E-state index < -0.39 is 18.5 Å². The zero-order chi connectivity index (χ0) is 18.9. The molecule has 0 fully saturated rings. The number of carbonyl (C=O) groups is 2. The second-order valence-corrected chi connectivity index (χ2v) is 5.46. The van der Waals surface area contributed by atoms with Crippen molar-refractivity contribution in [3.63, 3.8) is 0 Å². The van der Waals surface area contributed by atoms with Crippen LogP contribution in [0.25, 0.3) is 0 Å². The number of carbonyl (C=O) groups excluding carboxylic acids is 2. The number of rotatable bonds is 8. The fraction of sp³-hybridized carbons (Fsp3) is 0.222. The van der Waals surface area contributed by atoms with Gasteiger partial charge in [0.15, 0.2) is 24.7 Å². The first kappa shape index (κ1) is 19.4. The minimum Gasteiger partial charge on any atom is -0.493 e. The summed E-state index contributed by atoms with van der Waals surface area (Å²) in [7, 11) is 3.01. The molecule has 0 unspecified atom stereocenters. The Labute approximate surface area is 155 Å². The molecule has 1 N–H and O–H groups in total. The van der Waals surface area contributed by atoms with Crippen molar-refractivity contribution in [1.29, 1.82) is 0 Å². The molecular formula is C18H18ClNO6. The average Bonchev–Trinajstić information content (AvgIpc) is 2.64. The number of ether oxygens (including phenoxy) is 4. The monoisotopic (exact) mass is 379 g/mol. The highest BCUT2D eigenvalue weighted by Gasteiger charge is 2.11. The molecule has 0 saturated carbocycles. The Bertz CT molecular complexity index is 780. The number of amides is 1. The summed E-state index contributed by atoms with van der Waals surface area (Å²) in [5, 5.41) is 3.09. The van der Waals surface area contributed by atoms with Crippen molar-refractivity contribution in [2.24, 2.45) is 0 Å². The lowest BCUT2D eigenvalue weighted by Gasteiger charge is -2.11. The zero-order valence-corrected chi connectivity index (χ0v) is 15.0. The van der Waals surface area contributed by atoms with E-state index in [1.807, 2.05) is 0 Å². The van der Waals surface area contributed by atoms with Gasteiger partial charge in [-0.15, -0.1) is 0 Å². The van der Waals surface area contributed by atoms with Crippen LogP contribution in [-0.2, 0) is 14.3 Å². The van der Waals surface area contributed by atoms with Crippen molar-refractivity contribution < 1.29 is 28.5 Å². The number of hydrogen-bond donors (Lipinski definition) is 1. The standard InChI is InChI=1S/C18H18ClNO6/c1-23-15-7-6-13(9-16(15)24-2)20-17(21)10-26-18(22)11-25-14-5-3-4-12(19)8-14/h3-9H,10-11H2,1-2H3,(H,20,21). The van der Waals surface area contributed by atoms with Crippen molar-refractivity contribution in [1.82, 2.24) is 0 Å². The van der Waals surface area contributed by atoms with Crippen molar-refractivity contribution in [3.8, 4) is 17.2 Å². The lowest BCUT2D eigenvalue weighted by molar-refractivity contribution is -0.149. The van der Waals surface area contributed by atoms with E-state index in [-0.39, 0.29) is 6.61 Å². The summed E-state index contributed by atoms with van der Waals surface area (Å²) in [6, 6.07) is 11.5. The number of anilines is 1. The minimum absolute atomic E-state index is 0.329. The summed E-state index contributed by atoms with van der Waals surface area (Å²) >= 11 is 5.81. The predicted octanol–water partition coefficient (Wildman–Crippen LogP) is 2.92. The van der Waals surface area contributed by atoms with Gasteiger partial charge >= 0.3 is 5.97 Å². The first-order chi connectivity index (χ1) is 12.5. The van der Waals surface area contributed by atoms with Crippen LogP contribution >= 0.6 is 11.6 Å². The molecular weight excluding hydrogens is 362 g/mol. The van der Waals surface area contributed by atoms with E-state index in [0.717, 1.165) is 0 Å². The van der Waals surface area contributed by atoms with Gasteiger partial charge in [0, 0.05) is 16.8 Å². The SMILES string of the molecule is COc1ccc(NC(=O)COC(=O)COc2cccc(Cl)c2)cc1OC. The molecule has 2 aromatic rings. The van der Waals surface area contributed by atoms with Crippen LogP contribution < -0.4 is 19.5 Å². The van der Waals surface area contributed by atoms with Crippen LogP contribution in [0.5, 0.6) is 17.2 Å². The molecule has 26 heavy (non-hydrogen) atoms. The normalized spacial score (nSPS) is 9.96. The molecule has 138 valence electrons. The lowest BCUT2D eigenvalue weighted by Crippen LogP contribution is -2.23. The van der Waals surface area contributed by atoms with Crippen molar-refractivity contribution in [2.45, 2.75) is 0 Å². The van der Waals surface area contributed by atoms with E-state index in [4.69, 9.17) is 30.5 Å². The Balaban J connectivity index is 1.78. The van der Waals surface area contributed by atoms with E-state index in [1.54, 1.807) is 42.5 Å². The number of nitrogens with one attached hydrogen (secondary N) is 1. The molecule has 0 aromatic heterocycles. The average molecular weight is 380 g/mol. The third-order valence-corrected chi connectivity index (χ3v) is 3.42. The van der Waals surface area contributed by atoms with Crippen LogP contribution in [0.3, 0.4) is 0 Å². The van der Waals surface area contributed by atoms with Gasteiger partial charge in [-0.1, -0.05) is 17.7 Å². The Kier molecular flexibility index (Phi) is 7.11. The van der Waals surface area contributed by atoms with Gasteiger partial charge in [-0.25, -0.2) is 4.79 Å². The quantitative estimate of drug-likeness (QED) is 0.710. The molecule has 7 nitrogen and oxygen atoms in total. The van der Waals surface area contributed by atoms with Crippen LogP contribution in [0.2, 0.25) is 5.02 Å². The maximum absolute atomic E-state index is 11.9. The van der Waals surface area contributed by atoms with Crippen LogP contribution in [0.1, 0.15) is 0 Å². The van der Waals surface area contributed by atoms with Gasteiger partial charge in [0.2, 0.25) is 0 Å². The van der Waals surface area contributed by atoms with E-state index in [0.29, 0.717) is 28.0 Å². The molecule has 0 aliphatic rings. The minimum atomic E-state index is -0.674. The molecule has 0 saturated heterocycles. The highest BCUT2D eigenvalue weighted by atomic mass is 35.5. The van der Waals surface area contributed by atoms with Crippen LogP contribution in [0, 0.1) is 0 Å². The Morgan fingerprint density at radius 2 is 1.77 bits per heavy atom. The van der Waals surface area contributed by atoms with Gasteiger partial charge < -0.3 is 24.3 Å². The maximum atomic E-state index is 11.9. The highest BCUT2D eigenvalue weighted by molar-refractivity contribution is 6.30. The number of halogens is 1. The molecule has 8 heteroatoms. The van der Waals surface area contributed by atoms with E-state index >= 15 is 0 Å². The number of esters is 1. The second kappa shape index (κ2) is 9.53.